The Hall–Kier alpha value is -2.88. The van der Waals surface area contributed by atoms with Crippen LogP contribution in [-0.4, -0.2) is 17.9 Å². The number of rotatable bonds is 7. The predicted octanol–water partition coefficient (Wildman–Crippen LogP) is 5.37. The van der Waals surface area contributed by atoms with Crippen LogP contribution in [0.4, 0.5) is 0 Å². The Morgan fingerprint density at radius 2 is 1.78 bits per heavy atom. The number of aromatic nitrogens is 1. The molecule has 2 aromatic carbocycles. The van der Waals surface area contributed by atoms with Crippen LogP contribution in [0, 0.1) is 0 Å². The van der Waals surface area contributed by atoms with E-state index < -0.39 is 0 Å². The number of methoxy groups -OCH3 is 1. The van der Waals surface area contributed by atoms with Crippen LogP contribution in [0.2, 0.25) is 0 Å². The smallest absolute Gasteiger partial charge is 0.161 e. The van der Waals surface area contributed by atoms with Crippen LogP contribution in [0.25, 0.3) is 10.9 Å². The molecule has 0 unspecified atom stereocenters. The average Bonchev–Trinajstić information content (AvgIpc) is 2.72. The molecule has 3 rings (SSSR count). The van der Waals surface area contributed by atoms with E-state index >= 15 is 0 Å². The average molecular weight is 365 g/mol. The molecule has 0 N–H and O–H groups in total. The van der Waals surface area contributed by atoms with Crippen LogP contribution >= 0.6 is 0 Å². The lowest BCUT2D eigenvalue weighted by Crippen LogP contribution is -2.01. The van der Waals surface area contributed by atoms with Crippen LogP contribution in [0.5, 0.6) is 11.5 Å². The second-order valence-corrected chi connectivity index (χ2v) is 5.97. The van der Waals surface area contributed by atoms with Crippen molar-refractivity contribution in [1.29, 1.82) is 0 Å². The molecule has 0 fully saturated rings. The number of aryl methyl sites for hydroxylation is 1. The zero-order chi connectivity index (χ0) is 19.6. The highest BCUT2D eigenvalue weighted by Crippen LogP contribution is 2.29. The number of hydrogen-bond donors (Lipinski definition) is 0. The van der Waals surface area contributed by atoms with Gasteiger partial charge in [0.2, 0.25) is 0 Å². The SMILES string of the molecule is CC.COc1cc(CCC(C)=O)ccc1OCc1ccc2ccccc2n1. The molecule has 4 nitrogen and oxygen atoms in total. The van der Waals surface area contributed by atoms with Crippen molar-refractivity contribution >= 4 is 16.7 Å². The number of pyridine rings is 1. The zero-order valence-corrected chi connectivity index (χ0v) is 16.5. The van der Waals surface area contributed by atoms with E-state index in [0.29, 0.717) is 30.9 Å². The fourth-order valence-corrected chi connectivity index (χ4v) is 2.65. The summed E-state index contributed by atoms with van der Waals surface area (Å²) in [4.78, 5) is 15.7. The highest BCUT2D eigenvalue weighted by Gasteiger charge is 2.08. The lowest BCUT2D eigenvalue weighted by molar-refractivity contribution is -0.116. The summed E-state index contributed by atoms with van der Waals surface area (Å²) in [6.45, 7) is 5.97. The molecule has 1 aromatic heterocycles. The largest absolute Gasteiger partial charge is 0.493 e. The Kier molecular flexibility index (Phi) is 7.80. The predicted molar refractivity (Wildman–Crippen MR) is 109 cm³/mol. The summed E-state index contributed by atoms with van der Waals surface area (Å²) in [5.74, 6) is 1.52. The number of nitrogens with zero attached hydrogens (tertiary/aromatic N) is 1. The minimum atomic E-state index is 0.182. The second-order valence-electron chi connectivity index (χ2n) is 5.97. The molecule has 4 heteroatoms. The summed E-state index contributed by atoms with van der Waals surface area (Å²) >= 11 is 0. The van der Waals surface area contributed by atoms with E-state index in [4.69, 9.17) is 9.47 Å². The summed E-state index contributed by atoms with van der Waals surface area (Å²) in [6, 6.07) is 17.8. The molecule has 0 radical (unpaired) electrons. The molecule has 0 atom stereocenters. The minimum absolute atomic E-state index is 0.182. The Labute approximate surface area is 161 Å². The molecular weight excluding hydrogens is 338 g/mol. The quantitative estimate of drug-likeness (QED) is 0.565. The number of ketones is 1. The Morgan fingerprint density at radius 1 is 1.00 bits per heavy atom. The molecule has 1 heterocycles. The maximum absolute atomic E-state index is 11.1. The van der Waals surface area contributed by atoms with Gasteiger partial charge in [-0.1, -0.05) is 44.2 Å². The first-order chi connectivity index (χ1) is 13.2. The van der Waals surface area contributed by atoms with Crippen molar-refractivity contribution < 1.29 is 14.3 Å². The normalized spacial score (nSPS) is 10.1. The molecule has 0 saturated carbocycles. The molecule has 0 aliphatic heterocycles. The molecular formula is C23H27NO3. The highest BCUT2D eigenvalue weighted by atomic mass is 16.5. The number of ether oxygens (including phenoxy) is 2. The number of fused-ring (bicyclic) bond motifs is 1. The molecule has 0 aliphatic carbocycles. The fraction of sp³-hybridized carbons (Fsp3) is 0.304. The van der Waals surface area contributed by atoms with Gasteiger partial charge >= 0.3 is 0 Å². The molecule has 0 spiro atoms. The van der Waals surface area contributed by atoms with Crippen molar-refractivity contribution in [2.45, 2.75) is 40.2 Å². The summed E-state index contributed by atoms with van der Waals surface area (Å²) < 4.78 is 11.3. The maximum atomic E-state index is 11.1. The number of carbonyl (C=O) groups excluding carboxylic acids is 1. The fourth-order valence-electron chi connectivity index (χ4n) is 2.65. The van der Waals surface area contributed by atoms with E-state index in [2.05, 4.69) is 4.98 Å². The summed E-state index contributed by atoms with van der Waals surface area (Å²) in [5, 5.41) is 1.11. The first-order valence-corrected chi connectivity index (χ1v) is 9.29. The van der Waals surface area contributed by atoms with E-state index in [9.17, 15) is 4.79 Å². The van der Waals surface area contributed by atoms with Crippen LogP contribution < -0.4 is 9.47 Å². The van der Waals surface area contributed by atoms with Crippen LogP contribution in [0.15, 0.2) is 54.6 Å². The van der Waals surface area contributed by atoms with E-state index in [1.165, 1.54) is 0 Å². The van der Waals surface area contributed by atoms with Crippen molar-refractivity contribution in [3.63, 3.8) is 0 Å². The van der Waals surface area contributed by atoms with Crippen LogP contribution in [-0.2, 0) is 17.8 Å². The highest BCUT2D eigenvalue weighted by molar-refractivity contribution is 5.78. The van der Waals surface area contributed by atoms with Crippen molar-refractivity contribution in [2.75, 3.05) is 7.11 Å². The third-order valence-electron chi connectivity index (χ3n) is 4.03. The van der Waals surface area contributed by atoms with Gasteiger partial charge in [-0.2, -0.15) is 0 Å². The van der Waals surface area contributed by atoms with Crippen molar-refractivity contribution in [1.82, 2.24) is 4.98 Å². The number of benzene rings is 2. The first-order valence-electron chi connectivity index (χ1n) is 9.29. The Bertz CT molecular complexity index is 890. The van der Waals surface area contributed by atoms with Crippen molar-refractivity contribution in [2.24, 2.45) is 0 Å². The van der Waals surface area contributed by atoms with Gasteiger partial charge in [-0.25, -0.2) is 4.98 Å². The number of hydrogen-bond acceptors (Lipinski definition) is 4. The van der Waals surface area contributed by atoms with Crippen molar-refractivity contribution in [3.05, 3.63) is 65.9 Å². The monoisotopic (exact) mass is 365 g/mol. The van der Waals surface area contributed by atoms with Gasteiger partial charge in [0.15, 0.2) is 11.5 Å². The summed E-state index contributed by atoms with van der Waals surface area (Å²) in [5.41, 5.74) is 2.87. The van der Waals surface area contributed by atoms with E-state index in [0.717, 1.165) is 22.2 Å². The van der Waals surface area contributed by atoms with Crippen LogP contribution in [0.3, 0.4) is 0 Å². The molecule has 3 aromatic rings. The van der Waals surface area contributed by atoms with Gasteiger partial charge in [-0.15, -0.1) is 0 Å². The molecule has 142 valence electrons. The summed E-state index contributed by atoms with van der Waals surface area (Å²) in [7, 11) is 1.62. The second kappa shape index (κ2) is 10.3. The van der Waals surface area contributed by atoms with Gasteiger partial charge < -0.3 is 14.3 Å². The lowest BCUT2D eigenvalue weighted by atomic mass is 10.1. The number of Topliss-reactive ketones (excluding diaryl/α,β-unsaturated/α-hetero) is 1. The molecule has 27 heavy (non-hydrogen) atoms. The molecule has 0 bridgehead atoms. The lowest BCUT2D eigenvalue weighted by Gasteiger charge is -2.12. The van der Waals surface area contributed by atoms with Gasteiger partial charge in [0.1, 0.15) is 12.4 Å². The van der Waals surface area contributed by atoms with Gasteiger partial charge in [0.25, 0.3) is 0 Å². The Balaban J connectivity index is 0.00000126. The Morgan fingerprint density at radius 3 is 2.52 bits per heavy atom. The van der Waals surface area contributed by atoms with E-state index in [-0.39, 0.29) is 5.78 Å². The topological polar surface area (TPSA) is 48.4 Å². The first kappa shape index (κ1) is 20.4. The molecule has 0 amide bonds. The maximum Gasteiger partial charge on any atom is 0.161 e. The van der Waals surface area contributed by atoms with Gasteiger partial charge in [0.05, 0.1) is 18.3 Å². The zero-order valence-electron chi connectivity index (χ0n) is 16.5. The minimum Gasteiger partial charge on any atom is -0.493 e. The molecule has 0 aliphatic rings. The van der Waals surface area contributed by atoms with Crippen LogP contribution in [0.1, 0.15) is 38.4 Å². The summed E-state index contributed by atoms with van der Waals surface area (Å²) in [6.07, 6.45) is 1.24. The third-order valence-corrected chi connectivity index (χ3v) is 4.03. The van der Waals surface area contributed by atoms with E-state index in [1.807, 2.05) is 68.4 Å². The number of para-hydroxylation sites is 1. The van der Waals surface area contributed by atoms with Gasteiger partial charge in [-0.3, -0.25) is 0 Å². The standard InChI is InChI=1S/C21H21NO3.C2H6/c1-15(23)7-8-16-9-12-20(21(13-16)24-2)25-14-18-11-10-17-5-3-4-6-19(17)22-18;1-2/h3-6,9-13H,7-8,14H2,1-2H3;1-2H3. The van der Waals surface area contributed by atoms with Gasteiger partial charge in [-0.05, 0) is 43.2 Å². The van der Waals surface area contributed by atoms with Gasteiger partial charge in [0, 0.05) is 11.8 Å². The van der Waals surface area contributed by atoms with E-state index in [1.54, 1.807) is 14.0 Å². The third kappa shape index (κ3) is 5.81. The van der Waals surface area contributed by atoms with Crippen molar-refractivity contribution in [3.8, 4) is 11.5 Å². The molecule has 0 saturated heterocycles. The number of carbonyl (C=O) groups is 1.